The van der Waals surface area contributed by atoms with Crippen LogP contribution in [0.1, 0.15) is 22.3 Å². The molecule has 27 heavy (non-hydrogen) atoms. The number of hydrogen-bond donors (Lipinski definition) is 1. The minimum atomic E-state index is -0.101. The molecule has 0 unspecified atom stereocenters. The first kappa shape index (κ1) is 17.0. The van der Waals surface area contributed by atoms with Gasteiger partial charge >= 0.3 is 0 Å². The van der Waals surface area contributed by atoms with Gasteiger partial charge in [0.25, 0.3) is 5.91 Å². The highest BCUT2D eigenvalue weighted by Crippen LogP contribution is 2.24. The molecule has 5 nitrogen and oxygen atoms in total. The number of fused-ring (bicyclic) bond motifs is 1. The van der Waals surface area contributed by atoms with Crippen molar-refractivity contribution in [3.05, 3.63) is 84.2 Å². The first-order chi connectivity index (χ1) is 13.3. The molecule has 2 heterocycles. The lowest BCUT2D eigenvalue weighted by atomic mass is 10.1. The van der Waals surface area contributed by atoms with Crippen LogP contribution in [0, 0.1) is 0 Å². The number of amides is 1. The van der Waals surface area contributed by atoms with Crippen molar-refractivity contribution < 1.29 is 9.21 Å². The van der Waals surface area contributed by atoms with E-state index >= 15 is 0 Å². The summed E-state index contributed by atoms with van der Waals surface area (Å²) in [6, 6.07) is 19.3. The van der Waals surface area contributed by atoms with Crippen LogP contribution in [0.15, 0.2) is 77.5 Å². The van der Waals surface area contributed by atoms with Crippen LogP contribution >= 0.6 is 0 Å². The predicted octanol–water partition coefficient (Wildman–Crippen LogP) is 4.25. The fourth-order valence-electron chi connectivity index (χ4n) is 2.92. The molecule has 0 aliphatic heterocycles. The lowest BCUT2D eigenvalue weighted by molar-refractivity contribution is 0.0953. The van der Waals surface area contributed by atoms with Gasteiger partial charge in [0.15, 0.2) is 5.58 Å². The Labute approximate surface area is 157 Å². The number of nitrogens with zero attached hydrogens (tertiary/aromatic N) is 2. The smallest absolute Gasteiger partial charge is 0.251 e. The summed E-state index contributed by atoms with van der Waals surface area (Å²) < 4.78 is 5.75. The average molecular weight is 357 g/mol. The quantitative estimate of drug-likeness (QED) is 0.524. The van der Waals surface area contributed by atoms with Gasteiger partial charge in [-0.1, -0.05) is 30.3 Å². The average Bonchev–Trinajstić information content (AvgIpc) is 3.16. The molecule has 1 N–H and O–H groups in total. The Bertz CT molecular complexity index is 1040. The molecule has 0 atom stereocenters. The summed E-state index contributed by atoms with van der Waals surface area (Å²) >= 11 is 0. The highest BCUT2D eigenvalue weighted by Gasteiger charge is 2.11. The van der Waals surface area contributed by atoms with E-state index in [0.29, 0.717) is 29.1 Å². The van der Waals surface area contributed by atoms with Crippen LogP contribution < -0.4 is 5.32 Å². The predicted molar refractivity (Wildman–Crippen MR) is 104 cm³/mol. The first-order valence-electron chi connectivity index (χ1n) is 8.93. The van der Waals surface area contributed by atoms with Crippen LogP contribution in [0.25, 0.3) is 22.6 Å². The van der Waals surface area contributed by atoms with Gasteiger partial charge in [0.1, 0.15) is 5.52 Å². The van der Waals surface area contributed by atoms with Gasteiger partial charge in [-0.3, -0.25) is 9.78 Å². The molecular weight excluding hydrogens is 338 g/mol. The van der Waals surface area contributed by atoms with E-state index in [1.54, 1.807) is 30.6 Å². The van der Waals surface area contributed by atoms with E-state index in [4.69, 9.17) is 4.42 Å². The Morgan fingerprint density at radius 3 is 2.74 bits per heavy atom. The number of benzene rings is 2. The third kappa shape index (κ3) is 4.03. The molecule has 2 aromatic carbocycles. The molecule has 5 heteroatoms. The number of oxazole rings is 1. The van der Waals surface area contributed by atoms with Crippen LogP contribution in [0.2, 0.25) is 0 Å². The van der Waals surface area contributed by atoms with E-state index in [0.717, 1.165) is 18.4 Å². The van der Waals surface area contributed by atoms with Gasteiger partial charge in [-0.15, -0.1) is 0 Å². The molecule has 0 bridgehead atoms. The van der Waals surface area contributed by atoms with Crippen molar-refractivity contribution in [3.8, 4) is 11.5 Å². The topological polar surface area (TPSA) is 68.0 Å². The van der Waals surface area contributed by atoms with Crippen molar-refractivity contribution in [2.75, 3.05) is 6.54 Å². The van der Waals surface area contributed by atoms with Crippen molar-refractivity contribution in [3.63, 3.8) is 0 Å². The number of pyridine rings is 1. The molecule has 0 spiro atoms. The minimum absolute atomic E-state index is 0.101. The summed E-state index contributed by atoms with van der Waals surface area (Å²) in [5.41, 5.74) is 3.97. The lowest BCUT2D eigenvalue weighted by Crippen LogP contribution is -2.24. The molecule has 4 rings (SSSR count). The third-order valence-corrected chi connectivity index (χ3v) is 4.33. The standard InChI is InChI=1S/C22H19N3O2/c26-21(24-13-4-8-16-6-2-1-3-7-16)17-10-11-20-19(14-17)25-22(27-20)18-9-5-12-23-15-18/h1-3,5-7,9-12,14-15H,4,8,13H2,(H,24,26). The van der Waals surface area contributed by atoms with Crippen LogP contribution in [-0.4, -0.2) is 22.4 Å². The van der Waals surface area contributed by atoms with Gasteiger partial charge in [0, 0.05) is 24.5 Å². The first-order valence-corrected chi connectivity index (χ1v) is 8.93. The number of aryl methyl sites for hydroxylation is 1. The zero-order valence-corrected chi connectivity index (χ0v) is 14.8. The normalized spacial score (nSPS) is 10.8. The lowest BCUT2D eigenvalue weighted by Gasteiger charge is -2.05. The van der Waals surface area contributed by atoms with E-state index < -0.39 is 0 Å². The van der Waals surface area contributed by atoms with Crippen molar-refractivity contribution in [1.82, 2.24) is 15.3 Å². The minimum Gasteiger partial charge on any atom is -0.436 e. The third-order valence-electron chi connectivity index (χ3n) is 4.33. The van der Waals surface area contributed by atoms with Gasteiger partial charge in [-0.2, -0.15) is 0 Å². The van der Waals surface area contributed by atoms with Gasteiger partial charge in [-0.05, 0) is 48.7 Å². The molecule has 1 amide bonds. The zero-order chi connectivity index (χ0) is 18.5. The second-order valence-electron chi connectivity index (χ2n) is 6.29. The molecular formula is C22H19N3O2. The number of carbonyl (C=O) groups excluding carboxylic acids is 1. The van der Waals surface area contributed by atoms with Crippen LogP contribution in [0.3, 0.4) is 0 Å². The molecule has 0 saturated carbocycles. The van der Waals surface area contributed by atoms with Gasteiger partial charge in [-0.25, -0.2) is 4.98 Å². The van der Waals surface area contributed by atoms with E-state index in [1.807, 2.05) is 30.3 Å². The molecule has 2 aromatic heterocycles. The molecule has 134 valence electrons. The molecule has 0 radical (unpaired) electrons. The maximum Gasteiger partial charge on any atom is 0.251 e. The van der Waals surface area contributed by atoms with Crippen molar-refractivity contribution in [2.45, 2.75) is 12.8 Å². The largest absolute Gasteiger partial charge is 0.436 e. The van der Waals surface area contributed by atoms with Crippen LogP contribution in [0.4, 0.5) is 0 Å². The molecule has 0 fully saturated rings. The van der Waals surface area contributed by atoms with Crippen molar-refractivity contribution in [1.29, 1.82) is 0 Å². The molecule has 0 aliphatic carbocycles. The van der Waals surface area contributed by atoms with E-state index in [2.05, 4.69) is 27.4 Å². The fourth-order valence-corrected chi connectivity index (χ4v) is 2.92. The summed E-state index contributed by atoms with van der Waals surface area (Å²) in [5.74, 6) is 0.398. The summed E-state index contributed by atoms with van der Waals surface area (Å²) in [6.45, 7) is 0.630. The summed E-state index contributed by atoms with van der Waals surface area (Å²) in [5, 5.41) is 2.97. The van der Waals surface area contributed by atoms with Crippen LogP contribution in [-0.2, 0) is 6.42 Å². The number of rotatable bonds is 6. The molecule has 4 aromatic rings. The summed E-state index contributed by atoms with van der Waals surface area (Å²) in [4.78, 5) is 20.9. The number of aromatic nitrogens is 2. The Balaban J connectivity index is 1.40. The van der Waals surface area contributed by atoms with Crippen LogP contribution in [0.5, 0.6) is 0 Å². The highest BCUT2D eigenvalue weighted by atomic mass is 16.3. The fraction of sp³-hybridized carbons (Fsp3) is 0.136. The maximum atomic E-state index is 12.4. The molecule has 0 saturated heterocycles. The number of carbonyl (C=O) groups is 1. The van der Waals surface area contributed by atoms with Gasteiger partial charge < -0.3 is 9.73 Å². The van der Waals surface area contributed by atoms with Gasteiger partial charge in [0.05, 0.1) is 5.56 Å². The Kier molecular flexibility index (Phi) is 4.92. The Morgan fingerprint density at radius 1 is 1.04 bits per heavy atom. The molecule has 0 aliphatic rings. The SMILES string of the molecule is O=C(NCCCc1ccccc1)c1ccc2oc(-c3cccnc3)nc2c1. The summed E-state index contributed by atoms with van der Waals surface area (Å²) in [7, 11) is 0. The number of nitrogens with one attached hydrogen (secondary N) is 1. The second kappa shape index (κ2) is 7.83. The van der Waals surface area contributed by atoms with E-state index in [-0.39, 0.29) is 5.91 Å². The second-order valence-corrected chi connectivity index (χ2v) is 6.29. The highest BCUT2D eigenvalue weighted by molar-refractivity contribution is 5.97. The monoisotopic (exact) mass is 357 g/mol. The van der Waals surface area contributed by atoms with Gasteiger partial charge in [0.2, 0.25) is 5.89 Å². The number of hydrogen-bond acceptors (Lipinski definition) is 4. The summed E-state index contributed by atoms with van der Waals surface area (Å²) in [6.07, 6.45) is 5.24. The maximum absolute atomic E-state index is 12.4. The van der Waals surface area contributed by atoms with Crippen molar-refractivity contribution in [2.24, 2.45) is 0 Å². The Morgan fingerprint density at radius 2 is 1.93 bits per heavy atom. The zero-order valence-electron chi connectivity index (χ0n) is 14.8. The van der Waals surface area contributed by atoms with Crippen molar-refractivity contribution >= 4 is 17.0 Å². The van der Waals surface area contributed by atoms with E-state index in [1.165, 1.54) is 5.56 Å². The Hall–Kier alpha value is -3.47. The van der Waals surface area contributed by atoms with E-state index in [9.17, 15) is 4.79 Å².